The summed E-state index contributed by atoms with van der Waals surface area (Å²) in [4.78, 5) is 24.8. The third-order valence-electron chi connectivity index (χ3n) is 4.92. The number of aryl methyl sites for hydroxylation is 1. The second-order valence-electron chi connectivity index (χ2n) is 6.80. The van der Waals surface area contributed by atoms with Gasteiger partial charge in [-0.15, -0.1) is 0 Å². The first-order valence-corrected chi connectivity index (χ1v) is 8.81. The van der Waals surface area contributed by atoms with Crippen LogP contribution in [-0.2, 0) is 0 Å². The Bertz CT molecular complexity index is 752. The normalized spacial score (nSPS) is 20.1. The molecule has 2 aromatic rings. The van der Waals surface area contributed by atoms with Crippen molar-refractivity contribution < 1.29 is 14.0 Å². The van der Waals surface area contributed by atoms with Crippen molar-refractivity contribution >= 4 is 17.5 Å². The van der Waals surface area contributed by atoms with E-state index < -0.39 is 0 Å². The fourth-order valence-electron chi connectivity index (χ4n) is 3.27. The maximum Gasteiger partial charge on any atom is 0.291 e. The standard InChI is InChI=1S/C20H24N2O3/c1-13-6-3-4-7-16(13)21-19(23)15-10-9-14(2)17(12-15)22-20(24)18-8-5-11-25-18/h5,8-13,16H,3-4,6-7H2,1-2H3,(H,21,23)(H,22,24)/t13-,16-/m0/s1. The molecule has 0 saturated heterocycles. The number of furan rings is 1. The molecule has 0 radical (unpaired) electrons. The van der Waals surface area contributed by atoms with E-state index in [0.717, 1.165) is 24.8 Å². The van der Waals surface area contributed by atoms with Crippen molar-refractivity contribution in [2.75, 3.05) is 5.32 Å². The molecule has 1 aromatic carbocycles. The van der Waals surface area contributed by atoms with Crippen molar-refractivity contribution in [1.29, 1.82) is 0 Å². The zero-order valence-electron chi connectivity index (χ0n) is 14.7. The molecule has 2 N–H and O–H groups in total. The second kappa shape index (κ2) is 7.55. The number of benzene rings is 1. The van der Waals surface area contributed by atoms with Crippen LogP contribution in [0.2, 0.25) is 0 Å². The van der Waals surface area contributed by atoms with Gasteiger partial charge in [0.1, 0.15) is 0 Å². The average Bonchev–Trinajstić information content (AvgIpc) is 3.13. The lowest BCUT2D eigenvalue weighted by atomic mass is 9.86. The van der Waals surface area contributed by atoms with Crippen LogP contribution in [0.4, 0.5) is 5.69 Å². The van der Waals surface area contributed by atoms with Crippen LogP contribution in [0.5, 0.6) is 0 Å². The highest BCUT2D eigenvalue weighted by atomic mass is 16.3. The predicted molar refractivity (Wildman–Crippen MR) is 96.7 cm³/mol. The Morgan fingerprint density at radius 3 is 2.64 bits per heavy atom. The highest BCUT2D eigenvalue weighted by Crippen LogP contribution is 2.24. The number of amides is 2. The fraction of sp³-hybridized carbons (Fsp3) is 0.400. The Hall–Kier alpha value is -2.56. The number of hydrogen-bond acceptors (Lipinski definition) is 3. The molecule has 1 heterocycles. The summed E-state index contributed by atoms with van der Waals surface area (Å²) in [5.41, 5.74) is 2.06. The Morgan fingerprint density at radius 2 is 1.92 bits per heavy atom. The van der Waals surface area contributed by atoms with Gasteiger partial charge in [0.15, 0.2) is 5.76 Å². The molecule has 0 bridgehead atoms. The van der Waals surface area contributed by atoms with Gasteiger partial charge in [0.05, 0.1) is 6.26 Å². The molecule has 2 amide bonds. The topological polar surface area (TPSA) is 71.3 Å². The van der Waals surface area contributed by atoms with Crippen molar-refractivity contribution in [3.05, 3.63) is 53.5 Å². The lowest BCUT2D eigenvalue weighted by Crippen LogP contribution is -2.41. The Morgan fingerprint density at radius 1 is 1.12 bits per heavy atom. The molecule has 25 heavy (non-hydrogen) atoms. The molecule has 1 aliphatic carbocycles. The molecule has 5 heteroatoms. The third-order valence-corrected chi connectivity index (χ3v) is 4.92. The summed E-state index contributed by atoms with van der Waals surface area (Å²) < 4.78 is 5.11. The smallest absolute Gasteiger partial charge is 0.291 e. The first-order valence-electron chi connectivity index (χ1n) is 8.81. The molecule has 0 unspecified atom stereocenters. The van der Waals surface area contributed by atoms with Crippen LogP contribution in [0.1, 0.15) is 59.1 Å². The molecule has 1 aromatic heterocycles. The summed E-state index contributed by atoms with van der Waals surface area (Å²) in [7, 11) is 0. The largest absolute Gasteiger partial charge is 0.459 e. The molecule has 1 fully saturated rings. The lowest BCUT2D eigenvalue weighted by molar-refractivity contribution is 0.0909. The van der Waals surface area contributed by atoms with Gasteiger partial charge in [-0.05, 0) is 55.5 Å². The monoisotopic (exact) mass is 340 g/mol. The third kappa shape index (κ3) is 4.10. The second-order valence-corrected chi connectivity index (χ2v) is 6.80. The number of carbonyl (C=O) groups excluding carboxylic acids is 2. The number of rotatable bonds is 4. The van der Waals surface area contributed by atoms with E-state index in [4.69, 9.17) is 4.42 Å². The summed E-state index contributed by atoms with van der Waals surface area (Å²) in [5, 5.41) is 5.95. The molecule has 2 atom stereocenters. The molecular formula is C20H24N2O3. The zero-order valence-corrected chi connectivity index (χ0v) is 14.7. The minimum Gasteiger partial charge on any atom is -0.459 e. The summed E-state index contributed by atoms with van der Waals surface area (Å²) >= 11 is 0. The zero-order chi connectivity index (χ0) is 17.8. The molecule has 0 aliphatic heterocycles. The molecule has 132 valence electrons. The van der Waals surface area contributed by atoms with Gasteiger partial charge in [-0.25, -0.2) is 0 Å². The molecule has 5 nitrogen and oxygen atoms in total. The van der Waals surface area contributed by atoms with Gasteiger partial charge < -0.3 is 15.1 Å². The van der Waals surface area contributed by atoms with Crippen molar-refractivity contribution in [3.8, 4) is 0 Å². The van der Waals surface area contributed by atoms with E-state index in [9.17, 15) is 9.59 Å². The van der Waals surface area contributed by atoms with Gasteiger partial charge in [-0.3, -0.25) is 9.59 Å². The number of nitrogens with one attached hydrogen (secondary N) is 2. The SMILES string of the molecule is Cc1ccc(C(=O)N[C@H]2CCCC[C@@H]2C)cc1NC(=O)c1ccco1. The Balaban J connectivity index is 1.72. The van der Waals surface area contributed by atoms with Gasteiger partial charge >= 0.3 is 0 Å². The van der Waals surface area contributed by atoms with Crippen LogP contribution in [0.3, 0.4) is 0 Å². The van der Waals surface area contributed by atoms with Gasteiger partial charge in [0.25, 0.3) is 11.8 Å². The van der Waals surface area contributed by atoms with Crippen LogP contribution in [0, 0.1) is 12.8 Å². The molecule has 3 rings (SSSR count). The first-order chi connectivity index (χ1) is 12.0. The Labute approximate surface area is 147 Å². The van der Waals surface area contributed by atoms with E-state index in [2.05, 4.69) is 17.6 Å². The summed E-state index contributed by atoms with van der Waals surface area (Å²) in [6, 6.07) is 8.85. The van der Waals surface area contributed by atoms with Gasteiger partial charge in [-0.1, -0.05) is 25.8 Å². The average molecular weight is 340 g/mol. The number of carbonyl (C=O) groups is 2. The lowest BCUT2D eigenvalue weighted by Gasteiger charge is -2.29. The summed E-state index contributed by atoms with van der Waals surface area (Å²) in [6.45, 7) is 4.08. The van der Waals surface area contributed by atoms with Gasteiger partial charge in [-0.2, -0.15) is 0 Å². The van der Waals surface area contributed by atoms with E-state index >= 15 is 0 Å². The van der Waals surface area contributed by atoms with Crippen LogP contribution < -0.4 is 10.6 Å². The number of anilines is 1. The van der Waals surface area contributed by atoms with Crippen molar-refractivity contribution in [2.45, 2.75) is 45.6 Å². The minimum atomic E-state index is -0.327. The van der Waals surface area contributed by atoms with Crippen molar-refractivity contribution in [2.24, 2.45) is 5.92 Å². The Kier molecular flexibility index (Phi) is 5.22. The highest BCUT2D eigenvalue weighted by Gasteiger charge is 2.23. The minimum absolute atomic E-state index is 0.0905. The summed E-state index contributed by atoms with van der Waals surface area (Å²) in [6.07, 6.45) is 6.04. The van der Waals surface area contributed by atoms with E-state index in [1.165, 1.54) is 12.7 Å². The quantitative estimate of drug-likeness (QED) is 0.878. The van der Waals surface area contributed by atoms with Gasteiger partial charge in [0.2, 0.25) is 0 Å². The maximum absolute atomic E-state index is 12.6. The van der Waals surface area contributed by atoms with E-state index in [1.54, 1.807) is 24.3 Å². The van der Waals surface area contributed by atoms with Crippen LogP contribution >= 0.6 is 0 Å². The van der Waals surface area contributed by atoms with E-state index in [0.29, 0.717) is 17.2 Å². The predicted octanol–water partition coefficient (Wildman–Crippen LogP) is 4.15. The van der Waals surface area contributed by atoms with Crippen LogP contribution in [0.15, 0.2) is 41.0 Å². The first kappa shape index (κ1) is 17.3. The van der Waals surface area contributed by atoms with Crippen molar-refractivity contribution in [1.82, 2.24) is 5.32 Å². The summed E-state index contributed by atoms with van der Waals surface area (Å²) in [5.74, 6) is 0.324. The maximum atomic E-state index is 12.6. The molecule has 1 aliphatic rings. The number of hydrogen-bond donors (Lipinski definition) is 2. The highest BCUT2D eigenvalue weighted by molar-refractivity contribution is 6.03. The molecule has 1 saturated carbocycles. The fourth-order valence-corrected chi connectivity index (χ4v) is 3.27. The molecule has 0 spiro atoms. The van der Waals surface area contributed by atoms with E-state index in [1.807, 2.05) is 13.0 Å². The van der Waals surface area contributed by atoms with Crippen LogP contribution in [0.25, 0.3) is 0 Å². The van der Waals surface area contributed by atoms with Crippen LogP contribution in [-0.4, -0.2) is 17.9 Å². The van der Waals surface area contributed by atoms with E-state index in [-0.39, 0.29) is 23.6 Å². The van der Waals surface area contributed by atoms with Crippen molar-refractivity contribution in [3.63, 3.8) is 0 Å². The van der Waals surface area contributed by atoms with Gasteiger partial charge in [0, 0.05) is 17.3 Å². The molecular weight excluding hydrogens is 316 g/mol.